The highest BCUT2D eigenvalue weighted by molar-refractivity contribution is 5.74. The minimum Gasteiger partial charge on any atom is -0.469 e. The molecule has 2 rings (SSSR count). The summed E-state index contributed by atoms with van der Waals surface area (Å²) in [4.78, 5) is 22.1. The molecule has 1 aromatic heterocycles. The van der Waals surface area contributed by atoms with Crippen molar-refractivity contribution >= 4 is 11.8 Å². The number of carbonyl (C=O) groups is 1. The lowest BCUT2D eigenvalue weighted by molar-refractivity contribution is -0.144. The van der Waals surface area contributed by atoms with Crippen LogP contribution in [0.4, 0.5) is 5.82 Å². The van der Waals surface area contributed by atoms with E-state index < -0.39 is 0 Å². The molecule has 1 aromatic rings. The Hall–Kier alpha value is -1.65. The molecule has 98 valence electrons. The van der Waals surface area contributed by atoms with Crippen molar-refractivity contribution in [3.8, 4) is 0 Å². The van der Waals surface area contributed by atoms with Crippen molar-refractivity contribution in [2.75, 3.05) is 25.1 Å². The van der Waals surface area contributed by atoms with Crippen LogP contribution in [0, 0.1) is 5.92 Å². The zero-order valence-corrected chi connectivity index (χ0v) is 11.1. The topological polar surface area (TPSA) is 55.3 Å². The first-order valence-corrected chi connectivity index (χ1v) is 6.26. The summed E-state index contributed by atoms with van der Waals surface area (Å²) in [7, 11) is 1.44. The molecule has 0 radical (unpaired) electrons. The zero-order valence-electron chi connectivity index (χ0n) is 11.1. The summed E-state index contributed by atoms with van der Waals surface area (Å²) in [5.41, 5.74) is 1.03. The number of anilines is 1. The smallest absolute Gasteiger partial charge is 0.310 e. The Bertz CT molecular complexity index is 434. The van der Waals surface area contributed by atoms with Gasteiger partial charge in [-0.05, 0) is 12.3 Å². The number of nitrogens with zero attached hydrogens (tertiary/aromatic N) is 3. The first-order valence-electron chi connectivity index (χ1n) is 6.26. The molecule has 0 saturated carbocycles. The van der Waals surface area contributed by atoms with Crippen LogP contribution < -0.4 is 4.90 Å². The van der Waals surface area contributed by atoms with Gasteiger partial charge in [0.15, 0.2) is 0 Å². The number of hydrogen-bond acceptors (Lipinski definition) is 5. The molecule has 1 unspecified atom stereocenters. The van der Waals surface area contributed by atoms with E-state index in [2.05, 4.69) is 28.7 Å². The second kappa shape index (κ2) is 5.33. The van der Waals surface area contributed by atoms with E-state index in [9.17, 15) is 4.79 Å². The number of ether oxygens (including phenoxy) is 1. The quantitative estimate of drug-likeness (QED) is 0.762. The third-order valence-corrected chi connectivity index (χ3v) is 3.31. The van der Waals surface area contributed by atoms with E-state index in [1.165, 1.54) is 7.11 Å². The highest BCUT2D eigenvalue weighted by Crippen LogP contribution is 2.24. The van der Waals surface area contributed by atoms with Crippen molar-refractivity contribution in [1.29, 1.82) is 0 Å². The normalized spacial score (nSPS) is 19.3. The zero-order chi connectivity index (χ0) is 13.1. The maximum atomic E-state index is 11.5. The average molecular weight is 249 g/mol. The SMILES string of the molecule is COC(=O)C1CCN(c2cc(C(C)C)ncn2)C1. The van der Waals surface area contributed by atoms with Crippen LogP contribution in [-0.4, -0.2) is 36.1 Å². The molecule has 18 heavy (non-hydrogen) atoms. The number of carbonyl (C=O) groups excluding carboxylic acids is 1. The maximum absolute atomic E-state index is 11.5. The van der Waals surface area contributed by atoms with Crippen LogP contribution in [0.25, 0.3) is 0 Å². The van der Waals surface area contributed by atoms with Gasteiger partial charge in [-0.1, -0.05) is 13.8 Å². The highest BCUT2D eigenvalue weighted by Gasteiger charge is 2.29. The fraction of sp³-hybridized carbons (Fsp3) is 0.615. The van der Waals surface area contributed by atoms with Gasteiger partial charge in [0.25, 0.3) is 0 Å². The lowest BCUT2D eigenvalue weighted by atomic mass is 10.1. The molecule has 0 bridgehead atoms. The van der Waals surface area contributed by atoms with Crippen molar-refractivity contribution in [2.24, 2.45) is 5.92 Å². The lowest BCUT2D eigenvalue weighted by Gasteiger charge is -2.18. The van der Waals surface area contributed by atoms with Crippen LogP contribution in [0.3, 0.4) is 0 Å². The van der Waals surface area contributed by atoms with Crippen LogP contribution in [0.2, 0.25) is 0 Å². The van der Waals surface area contributed by atoms with Crippen molar-refractivity contribution in [2.45, 2.75) is 26.2 Å². The number of esters is 1. The molecular formula is C13H19N3O2. The van der Waals surface area contributed by atoms with E-state index >= 15 is 0 Å². The number of methoxy groups -OCH3 is 1. The van der Waals surface area contributed by atoms with E-state index in [0.717, 1.165) is 24.5 Å². The number of hydrogen-bond donors (Lipinski definition) is 0. The minimum atomic E-state index is -0.129. The maximum Gasteiger partial charge on any atom is 0.310 e. The van der Waals surface area contributed by atoms with Crippen molar-refractivity contribution in [3.63, 3.8) is 0 Å². The highest BCUT2D eigenvalue weighted by atomic mass is 16.5. The van der Waals surface area contributed by atoms with Gasteiger partial charge in [-0.25, -0.2) is 9.97 Å². The average Bonchev–Trinajstić information content (AvgIpc) is 2.87. The molecular weight excluding hydrogens is 230 g/mol. The first kappa shape index (κ1) is 12.8. The Morgan fingerprint density at radius 1 is 1.50 bits per heavy atom. The fourth-order valence-corrected chi connectivity index (χ4v) is 2.18. The van der Waals surface area contributed by atoms with E-state index in [1.807, 2.05) is 6.07 Å². The van der Waals surface area contributed by atoms with Crippen molar-refractivity contribution in [3.05, 3.63) is 18.1 Å². The molecule has 1 atom stereocenters. The minimum absolute atomic E-state index is 0.0348. The third kappa shape index (κ3) is 2.60. The van der Waals surface area contributed by atoms with Gasteiger partial charge in [-0.2, -0.15) is 0 Å². The molecule has 5 heteroatoms. The molecule has 1 aliphatic rings. The summed E-state index contributed by atoms with van der Waals surface area (Å²) in [6.07, 6.45) is 2.42. The summed E-state index contributed by atoms with van der Waals surface area (Å²) in [6.45, 7) is 5.73. The Morgan fingerprint density at radius 3 is 2.94 bits per heavy atom. The van der Waals surface area contributed by atoms with Crippen LogP contribution in [0.1, 0.15) is 31.9 Å². The summed E-state index contributed by atoms with van der Waals surface area (Å²) in [5.74, 6) is 1.12. The van der Waals surface area contributed by atoms with Gasteiger partial charge in [-0.3, -0.25) is 4.79 Å². The van der Waals surface area contributed by atoms with Crippen molar-refractivity contribution < 1.29 is 9.53 Å². The second-order valence-electron chi connectivity index (χ2n) is 4.91. The first-order chi connectivity index (χ1) is 8.61. The van der Waals surface area contributed by atoms with Gasteiger partial charge in [0, 0.05) is 24.8 Å². The van der Waals surface area contributed by atoms with Gasteiger partial charge < -0.3 is 9.64 Å². The molecule has 0 aromatic carbocycles. The number of aromatic nitrogens is 2. The Morgan fingerprint density at radius 2 is 2.28 bits per heavy atom. The molecule has 1 aliphatic heterocycles. The molecule has 0 N–H and O–H groups in total. The van der Waals surface area contributed by atoms with Gasteiger partial charge >= 0.3 is 5.97 Å². The van der Waals surface area contributed by atoms with Crippen molar-refractivity contribution in [1.82, 2.24) is 9.97 Å². The predicted octanol–water partition coefficient (Wildman–Crippen LogP) is 1.60. The fourth-order valence-electron chi connectivity index (χ4n) is 2.18. The standard InChI is InChI=1S/C13H19N3O2/c1-9(2)11-6-12(15-8-14-11)16-5-4-10(7-16)13(17)18-3/h6,8-10H,4-5,7H2,1-3H3. The van der Waals surface area contributed by atoms with E-state index in [0.29, 0.717) is 12.5 Å². The van der Waals surface area contributed by atoms with E-state index in [4.69, 9.17) is 4.74 Å². The van der Waals surface area contributed by atoms with Gasteiger partial charge in [-0.15, -0.1) is 0 Å². The summed E-state index contributed by atoms with van der Waals surface area (Å²) < 4.78 is 4.78. The third-order valence-electron chi connectivity index (χ3n) is 3.31. The van der Waals surface area contributed by atoms with E-state index in [-0.39, 0.29) is 11.9 Å². The molecule has 1 saturated heterocycles. The summed E-state index contributed by atoms with van der Waals surface area (Å²) >= 11 is 0. The van der Waals surface area contributed by atoms with Crippen LogP contribution in [0.15, 0.2) is 12.4 Å². The van der Waals surface area contributed by atoms with Gasteiger partial charge in [0.2, 0.25) is 0 Å². The van der Waals surface area contributed by atoms with Gasteiger partial charge in [0.1, 0.15) is 12.1 Å². The van der Waals surface area contributed by atoms with Crippen LogP contribution in [-0.2, 0) is 9.53 Å². The lowest BCUT2D eigenvalue weighted by Crippen LogP contribution is -2.24. The second-order valence-corrected chi connectivity index (χ2v) is 4.91. The van der Waals surface area contributed by atoms with E-state index in [1.54, 1.807) is 6.33 Å². The van der Waals surface area contributed by atoms with Crippen LogP contribution >= 0.6 is 0 Å². The molecule has 2 heterocycles. The monoisotopic (exact) mass is 249 g/mol. The summed E-state index contributed by atoms with van der Waals surface area (Å²) in [6, 6.07) is 2.00. The predicted molar refractivity (Wildman–Crippen MR) is 68.5 cm³/mol. The molecule has 5 nitrogen and oxygen atoms in total. The number of rotatable bonds is 3. The Labute approximate surface area is 107 Å². The Balaban J connectivity index is 2.09. The Kier molecular flexibility index (Phi) is 3.79. The largest absolute Gasteiger partial charge is 0.469 e. The molecule has 0 spiro atoms. The molecule has 0 amide bonds. The molecule has 1 fully saturated rings. The van der Waals surface area contributed by atoms with Gasteiger partial charge in [0.05, 0.1) is 13.0 Å². The summed E-state index contributed by atoms with van der Waals surface area (Å²) in [5, 5.41) is 0. The molecule has 0 aliphatic carbocycles. The van der Waals surface area contributed by atoms with Crippen LogP contribution in [0.5, 0.6) is 0 Å².